The zero-order valence-corrected chi connectivity index (χ0v) is 12.2. The molecule has 0 heterocycles. The van der Waals surface area contributed by atoms with Gasteiger partial charge in [-0.25, -0.2) is 0 Å². The summed E-state index contributed by atoms with van der Waals surface area (Å²) in [5.74, 6) is 0.664. The van der Waals surface area contributed by atoms with Crippen LogP contribution in [-0.4, -0.2) is 18.6 Å². The van der Waals surface area contributed by atoms with E-state index in [-0.39, 0.29) is 16.9 Å². The van der Waals surface area contributed by atoms with Crippen LogP contribution >= 0.6 is 0 Å². The van der Waals surface area contributed by atoms with E-state index in [0.717, 1.165) is 0 Å². The van der Waals surface area contributed by atoms with Gasteiger partial charge in [-0.15, -0.1) is 0 Å². The molecule has 1 aromatic rings. The molecular formula is C14H22N2O3. The number of hydrogen-bond acceptors (Lipinski definition) is 4. The molecule has 106 valence electrons. The SMILES string of the molecule is COc1cccc(NCC(C)C(C)(C)C)c1[N+](=O)[O-]. The average molecular weight is 266 g/mol. The Kier molecular flexibility index (Phi) is 4.75. The first-order chi connectivity index (χ1) is 8.77. The molecule has 0 amide bonds. The predicted octanol–water partition coefficient (Wildman–Crippen LogP) is 3.70. The Labute approximate surface area is 114 Å². The number of para-hydroxylation sites is 1. The fraction of sp³-hybridized carbons (Fsp3) is 0.571. The number of nitro benzene ring substituents is 1. The summed E-state index contributed by atoms with van der Waals surface area (Å²) in [5.41, 5.74) is 0.646. The molecule has 1 N–H and O–H groups in total. The molecule has 1 rings (SSSR count). The van der Waals surface area contributed by atoms with E-state index in [0.29, 0.717) is 18.2 Å². The lowest BCUT2D eigenvalue weighted by atomic mass is 9.82. The quantitative estimate of drug-likeness (QED) is 0.652. The van der Waals surface area contributed by atoms with Crippen LogP contribution in [0.4, 0.5) is 11.4 Å². The van der Waals surface area contributed by atoms with E-state index in [2.05, 4.69) is 33.0 Å². The van der Waals surface area contributed by atoms with Crippen LogP contribution in [0, 0.1) is 21.4 Å². The number of hydrogen-bond donors (Lipinski definition) is 1. The summed E-state index contributed by atoms with van der Waals surface area (Å²) in [7, 11) is 1.43. The van der Waals surface area contributed by atoms with E-state index in [1.807, 2.05) is 0 Å². The molecule has 1 atom stereocenters. The van der Waals surface area contributed by atoms with Gasteiger partial charge in [0.1, 0.15) is 5.69 Å². The van der Waals surface area contributed by atoms with Gasteiger partial charge in [-0.05, 0) is 23.5 Å². The van der Waals surface area contributed by atoms with Crippen LogP contribution in [0.15, 0.2) is 18.2 Å². The van der Waals surface area contributed by atoms with Gasteiger partial charge < -0.3 is 10.1 Å². The van der Waals surface area contributed by atoms with Crippen molar-refractivity contribution in [2.45, 2.75) is 27.7 Å². The molecule has 0 aliphatic heterocycles. The van der Waals surface area contributed by atoms with Crippen molar-refractivity contribution in [1.82, 2.24) is 0 Å². The van der Waals surface area contributed by atoms with Gasteiger partial charge in [0.05, 0.1) is 12.0 Å². The molecule has 0 spiro atoms. The third kappa shape index (κ3) is 3.84. The van der Waals surface area contributed by atoms with Crippen molar-refractivity contribution < 1.29 is 9.66 Å². The molecule has 0 radical (unpaired) electrons. The summed E-state index contributed by atoms with van der Waals surface area (Å²) in [6.07, 6.45) is 0. The average Bonchev–Trinajstić information content (AvgIpc) is 2.33. The van der Waals surface area contributed by atoms with E-state index >= 15 is 0 Å². The molecule has 0 saturated heterocycles. The van der Waals surface area contributed by atoms with E-state index in [1.54, 1.807) is 18.2 Å². The molecule has 5 heteroatoms. The van der Waals surface area contributed by atoms with Crippen LogP contribution < -0.4 is 10.1 Å². The minimum absolute atomic E-state index is 0.00823. The standard InChI is InChI=1S/C14H22N2O3/c1-10(14(2,3)4)9-15-11-7-6-8-12(19-5)13(11)16(17)18/h6-8,10,15H,9H2,1-5H3. The summed E-state index contributed by atoms with van der Waals surface area (Å²) in [5, 5.41) is 14.3. The Morgan fingerprint density at radius 3 is 2.53 bits per heavy atom. The highest BCUT2D eigenvalue weighted by atomic mass is 16.6. The third-order valence-electron chi connectivity index (χ3n) is 3.48. The molecule has 1 aromatic carbocycles. The predicted molar refractivity (Wildman–Crippen MR) is 76.8 cm³/mol. The zero-order valence-electron chi connectivity index (χ0n) is 12.2. The van der Waals surface area contributed by atoms with Crippen LogP contribution in [0.1, 0.15) is 27.7 Å². The largest absolute Gasteiger partial charge is 0.490 e. The van der Waals surface area contributed by atoms with Gasteiger partial charge in [0, 0.05) is 6.54 Å². The number of ether oxygens (including phenoxy) is 1. The van der Waals surface area contributed by atoms with Crippen molar-refractivity contribution in [3.05, 3.63) is 28.3 Å². The Morgan fingerprint density at radius 1 is 1.42 bits per heavy atom. The second kappa shape index (κ2) is 5.91. The van der Waals surface area contributed by atoms with Gasteiger partial charge in [0.15, 0.2) is 5.75 Å². The topological polar surface area (TPSA) is 64.4 Å². The van der Waals surface area contributed by atoms with Gasteiger partial charge >= 0.3 is 5.69 Å². The Hall–Kier alpha value is -1.78. The molecule has 0 aromatic heterocycles. The van der Waals surface area contributed by atoms with Crippen LogP contribution in [0.2, 0.25) is 0 Å². The lowest BCUT2D eigenvalue weighted by molar-refractivity contribution is -0.384. The second-order valence-electron chi connectivity index (χ2n) is 5.76. The number of nitro groups is 1. The molecule has 0 saturated carbocycles. The van der Waals surface area contributed by atoms with Gasteiger partial charge in [0.2, 0.25) is 0 Å². The minimum atomic E-state index is -0.414. The van der Waals surface area contributed by atoms with Crippen molar-refractivity contribution in [3.63, 3.8) is 0 Å². The van der Waals surface area contributed by atoms with Gasteiger partial charge in [0.25, 0.3) is 0 Å². The molecule has 0 bridgehead atoms. The summed E-state index contributed by atoms with van der Waals surface area (Å²) < 4.78 is 5.04. The monoisotopic (exact) mass is 266 g/mol. The number of benzene rings is 1. The fourth-order valence-corrected chi connectivity index (χ4v) is 1.59. The summed E-state index contributed by atoms with van der Waals surface area (Å²) in [6.45, 7) is 9.26. The smallest absolute Gasteiger partial charge is 0.333 e. The van der Waals surface area contributed by atoms with Crippen LogP contribution in [0.25, 0.3) is 0 Å². The van der Waals surface area contributed by atoms with Crippen molar-refractivity contribution in [1.29, 1.82) is 0 Å². The van der Waals surface area contributed by atoms with E-state index in [1.165, 1.54) is 7.11 Å². The van der Waals surface area contributed by atoms with Crippen molar-refractivity contribution in [2.75, 3.05) is 19.0 Å². The van der Waals surface area contributed by atoms with Crippen molar-refractivity contribution >= 4 is 11.4 Å². The highest BCUT2D eigenvalue weighted by Gasteiger charge is 2.23. The van der Waals surface area contributed by atoms with Crippen molar-refractivity contribution in [2.24, 2.45) is 11.3 Å². The minimum Gasteiger partial charge on any atom is -0.490 e. The first-order valence-corrected chi connectivity index (χ1v) is 6.32. The highest BCUT2D eigenvalue weighted by molar-refractivity contribution is 5.68. The maximum absolute atomic E-state index is 11.1. The molecule has 0 aliphatic carbocycles. The second-order valence-corrected chi connectivity index (χ2v) is 5.76. The summed E-state index contributed by atoms with van der Waals surface area (Å²) in [6, 6.07) is 5.04. The molecule has 19 heavy (non-hydrogen) atoms. The van der Waals surface area contributed by atoms with E-state index < -0.39 is 4.92 Å². The third-order valence-corrected chi connectivity index (χ3v) is 3.48. The van der Waals surface area contributed by atoms with Crippen molar-refractivity contribution in [3.8, 4) is 5.75 Å². The number of methoxy groups -OCH3 is 1. The Morgan fingerprint density at radius 2 is 2.05 bits per heavy atom. The Bertz CT molecular complexity index is 452. The highest BCUT2D eigenvalue weighted by Crippen LogP contribution is 2.35. The summed E-state index contributed by atoms with van der Waals surface area (Å²) >= 11 is 0. The van der Waals surface area contributed by atoms with E-state index in [4.69, 9.17) is 4.74 Å². The Balaban J connectivity index is 2.93. The van der Waals surface area contributed by atoms with Gasteiger partial charge in [-0.3, -0.25) is 10.1 Å². The maximum Gasteiger partial charge on any atom is 0.333 e. The lowest BCUT2D eigenvalue weighted by Crippen LogP contribution is -2.25. The molecule has 0 fully saturated rings. The van der Waals surface area contributed by atoms with Crippen LogP contribution in [-0.2, 0) is 0 Å². The van der Waals surface area contributed by atoms with E-state index in [9.17, 15) is 10.1 Å². The number of anilines is 1. The zero-order chi connectivity index (χ0) is 14.6. The number of nitrogens with zero attached hydrogens (tertiary/aromatic N) is 1. The maximum atomic E-state index is 11.1. The van der Waals surface area contributed by atoms with Gasteiger partial charge in [-0.1, -0.05) is 33.8 Å². The lowest BCUT2D eigenvalue weighted by Gasteiger charge is -2.27. The molecular weight excluding hydrogens is 244 g/mol. The normalized spacial score (nSPS) is 12.9. The summed E-state index contributed by atoms with van der Waals surface area (Å²) in [4.78, 5) is 10.7. The molecule has 0 aliphatic rings. The molecule has 1 unspecified atom stereocenters. The first kappa shape index (κ1) is 15.3. The first-order valence-electron chi connectivity index (χ1n) is 6.32. The van der Waals surface area contributed by atoms with Crippen LogP contribution in [0.3, 0.4) is 0 Å². The van der Waals surface area contributed by atoms with Crippen LogP contribution in [0.5, 0.6) is 5.75 Å². The molecule has 5 nitrogen and oxygen atoms in total. The number of rotatable bonds is 5. The number of nitrogens with one attached hydrogen (secondary N) is 1. The fourth-order valence-electron chi connectivity index (χ4n) is 1.59. The van der Waals surface area contributed by atoms with Gasteiger partial charge in [-0.2, -0.15) is 0 Å².